The molecule has 0 amide bonds. The highest BCUT2D eigenvalue weighted by molar-refractivity contribution is 8.02. The Balaban J connectivity index is 1.87. The van der Waals surface area contributed by atoms with E-state index < -0.39 is 11.9 Å². The molecule has 172 valence electrons. The molecule has 8 heteroatoms. The molecule has 1 saturated heterocycles. The van der Waals surface area contributed by atoms with Crippen LogP contribution < -0.4 is 0 Å². The van der Waals surface area contributed by atoms with E-state index in [4.69, 9.17) is 4.74 Å². The highest BCUT2D eigenvalue weighted by atomic mass is 32.2. The van der Waals surface area contributed by atoms with E-state index in [-0.39, 0.29) is 0 Å². The van der Waals surface area contributed by atoms with Crippen molar-refractivity contribution in [3.63, 3.8) is 0 Å². The molecule has 0 unspecified atom stereocenters. The molecule has 1 fully saturated rings. The second-order valence-electron chi connectivity index (χ2n) is 7.37. The summed E-state index contributed by atoms with van der Waals surface area (Å²) in [4.78, 5) is 3.22. The van der Waals surface area contributed by atoms with E-state index >= 15 is 0 Å². The van der Waals surface area contributed by atoms with Gasteiger partial charge in [-0.3, -0.25) is 9.58 Å². The molecule has 0 radical (unpaired) electrons. The molecule has 1 aliphatic heterocycles. The summed E-state index contributed by atoms with van der Waals surface area (Å²) in [7, 11) is 0. The predicted molar refractivity (Wildman–Crippen MR) is 125 cm³/mol. The van der Waals surface area contributed by atoms with Crippen molar-refractivity contribution in [2.75, 3.05) is 39.1 Å². The Labute approximate surface area is 191 Å². The van der Waals surface area contributed by atoms with Gasteiger partial charge in [0.2, 0.25) is 0 Å². The average molecular weight is 464 g/mol. The van der Waals surface area contributed by atoms with Crippen molar-refractivity contribution < 1.29 is 17.9 Å². The SMILES string of the molecule is C=C/C(=C\C(=C/C)c1ccc(-c2cc(C(F)(F)F)nn2CCN2CCOCC2)cc1)SC. The number of benzene rings is 1. The molecule has 2 heterocycles. The lowest BCUT2D eigenvalue weighted by atomic mass is 10.0. The van der Waals surface area contributed by atoms with Crippen LogP contribution >= 0.6 is 11.8 Å². The zero-order chi connectivity index (χ0) is 23.1. The minimum Gasteiger partial charge on any atom is -0.379 e. The van der Waals surface area contributed by atoms with Crippen LogP contribution in [-0.4, -0.2) is 53.8 Å². The van der Waals surface area contributed by atoms with Gasteiger partial charge in [0.25, 0.3) is 0 Å². The van der Waals surface area contributed by atoms with Gasteiger partial charge >= 0.3 is 6.18 Å². The second-order valence-corrected chi connectivity index (χ2v) is 8.25. The third-order valence-corrected chi connectivity index (χ3v) is 6.12. The number of ether oxygens (including phenoxy) is 1. The van der Waals surface area contributed by atoms with E-state index in [0.717, 1.165) is 35.2 Å². The topological polar surface area (TPSA) is 30.3 Å². The lowest BCUT2D eigenvalue weighted by Crippen LogP contribution is -2.38. The summed E-state index contributed by atoms with van der Waals surface area (Å²) in [5, 5.41) is 3.88. The Morgan fingerprint density at radius 3 is 2.44 bits per heavy atom. The van der Waals surface area contributed by atoms with Gasteiger partial charge in [-0.05, 0) is 42.0 Å². The molecule has 0 spiro atoms. The van der Waals surface area contributed by atoms with Gasteiger partial charge in [0.1, 0.15) is 0 Å². The van der Waals surface area contributed by atoms with E-state index in [0.29, 0.717) is 37.6 Å². The first-order chi connectivity index (χ1) is 15.4. The standard InChI is InChI=1S/C24H28F3N3OS/c1-4-18(16-21(5-2)32-3)19-6-8-20(9-7-19)22-17-23(24(25,26)27)28-30(22)11-10-29-12-14-31-15-13-29/h4-9,16-17H,2,10-15H2,1,3H3/b18-4+,21-16+. The molecule has 0 N–H and O–H groups in total. The van der Waals surface area contributed by atoms with E-state index in [1.165, 1.54) is 4.68 Å². The fourth-order valence-corrected chi connectivity index (χ4v) is 3.95. The van der Waals surface area contributed by atoms with Crippen molar-refractivity contribution in [2.45, 2.75) is 19.6 Å². The minimum atomic E-state index is -4.49. The van der Waals surface area contributed by atoms with Gasteiger partial charge < -0.3 is 4.74 Å². The summed E-state index contributed by atoms with van der Waals surface area (Å²) in [5.41, 5.74) is 2.31. The first-order valence-electron chi connectivity index (χ1n) is 10.5. The van der Waals surface area contributed by atoms with Gasteiger partial charge in [0, 0.05) is 24.5 Å². The highest BCUT2D eigenvalue weighted by Gasteiger charge is 2.35. The largest absolute Gasteiger partial charge is 0.435 e. The van der Waals surface area contributed by atoms with Crippen LogP contribution in [0.25, 0.3) is 16.8 Å². The van der Waals surface area contributed by atoms with Crippen molar-refractivity contribution >= 4 is 17.3 Å². The van der Waals surface area contributed by atoms with Gasteiger partial charge in [-0.1, -0.05) is 43.0 Å². The Bertz CT molecular complexity index is 971. The van der Waals surface area contributed by atoms with Crippen molar-refractivity contribution in [1.29, 1.82) is 0 Å². The summed E-state index contributed by atoms with van der Waals surface area (Å²) in [5.74, 6) is 0. The summed E-state index contributed by atoms with van der Waals surface area (Å²) < 4.78 is 46.9. The molecule has 1 aromatic heterocycles. The number of allylic oxidation sites excluding steroid dienone is 4. The summed E-state index contributed by atoms with van der Waals surface area (Å²) in [6.07, 6.45) is 3.35. The normalized spacial score (nSPS) is 16.4. The molecule has 0 saturated carbocycles. The quantitative estimate of drug-likeness (QED) is 0.467. The zero-order valence-corrected chi connectivity index (χ0v) is 19.2. The van der Waals surface area contributed by atoms with Crippen molar-refractivity contribution in [3.8, 4) is 11.3 Å². The van der Waals surface area contributed by atoms with Gasteiger partial charge in [-0.2, -0.15) is 18.3 Å². The highest BCUT2D eigenvalue weighted by Crippen LogP contribution is 2.32. The molecule has 4 nitrogen and oxygen atoms in total. The Morgan fingerprint density at radius 2 is 1.88 bits per heavy atom. The van der Waals surface area contributed by atoms with Crippen molar-refractivity contribution in [1.82, 2.24) is 14.7 Å². The van der Waals surface area contributed by atoms with Crippen LogP contribution in [0.1, 0.15) is 18.2 Å². The second kappa shape index (κ2) is 11.0. The fourth-order valence-electron chi connectivity index (χ4n) is 3.54. The minimum absolute atomic E-state index is 0.381. The number of halogens is 3. The number of aromatic nitrogens is 2. The van der Waals surface area contributed by atoms with Crippen LogP contribution in [-0.2, 0) is 17.5 Å². The molecular weight excluding hydrogens is 435 g/mol. The van der Waals surface area contributed by atoms with Gasteiger partial charge in [0.05, 0.1) is 25.5 Å². The molecule has 3 rings (SSSR count). The van der Waals surface area contributed by atoms with Crippen molar-refractivity contribution in [3.05, 3.63) is 71.3 Å². The summed E-state index contributed by atoms with van der Waals surface area (Å²) >= 11 is 1.60. The third-order valence-electron chi connectivity index (χ3n) is 5.36. The number of thioether (sulfide) groups is 1. The third kappa shape index (κ3) is 6.15. The zero-order valence-electron chi connectivity index (χ0n) is 18.4. The monoisotopic (exact) mass is 463 g/mol. The van der Waals surface area contributed by atoms with Crippen LogP contribution in [0.4, 0.5) is 13.2 Å². The molecule has 2 aromatic rings. The Morgan fingerprint density at radius 1 is 1.19 bits per heavy atom. The molecule has 0 atom stereocenters. The number of nitrogens with zero attached hydrogens (tertiary/aromatic N) is 3. The summed E-state index contributed by atoms with van der Waals surface area (Å²) in [6.45, 7) is 9.63. The van der Waals surface area contributed by atoms with Crippen LogP contribution in [0.3, 0.4) is 0 Å². The smallest absolute Gasteiger partial charge is 0.379 e. The molecule has 0 bridgehead atoms. The van der Waals surface area contributed by atoms with E-state index in [1.807, 2.05) is 49.6 Å². The Kier molecular flexibility index (Phi) is 8.39. The number of alkyl halides is 3. The van der Waals surface area contributed by atoms with Crippen molar-refractivity contribution in [2.24, 2.45) is 0 Å². The Hall–Kier alpha value is -2.29. The predicted octanol–water partition coefficient (Wildman–Crippen LogP) is 5.74. The first-order valence-corrected chi connectivity index (χ1v) is 11.7. The maximum absolute atomic E-state index is 13.4. The number of rotatable bonds is 8. The average Bonchev–Trinajstić information content (AvgIpc) is 3.24. The van der Waals surface area contributed by atoms with Gasteiger partial charge in [0.15, 0.2) is 5.69 Å². The summed E-state index contributed by atoms with van der Waals surface area (Å²) in [6, 6.07) is 8.68. The first kappa shape index (κ1) is 24.4. The van der Waals surface area contributed by atoms with Crippen LogP contribution in [0.5, 0.6) is 0 Å². The lowest BCUT2D eigenvalue weighted by molar-refractivity contribution is -0.141. The van der Waals surface area contributed by atoms with Crippen LogP contribution in [0.2, 0.25) is 0 Å². The number of hydrogen-bond donors (Lipinski definition) is 0. The fraction of sp³-hybridized carbons (Fsp3) is 0.375. The molecular formula is C24H28F3N3OS. The van der Waals surface area contributed by atoms with Crippen LogP contribution in [0, 0.1) is 0 Å². The molecule has 1 aromatic carbocycles. The van der Waals surface area contributed by atoms with E-state index in [2.05, 4.69) is 16.6 Å². The maximum Gasteiger partial charge on any atom is 0.435 e. The van der Waals surface area contributed by atoms with Gasteiger partial charge in [-0.15, -0.1) is 11.8 Å². The molecule has 32 heavy (non-hydrogen) atoms. The lowest BCUT2D eigenvalue weighted by Gasteiger charge is -2.26. The number of hydrogen-bond acceptors (Lipinski definition) is 4. The van der Waals surface area contributed by atoms with Crippen LogP contribution in [0.15, 0.2) is 60.0 Å². The van der Waals surface area contributed by atoms with E-state index in [9.17, 15) is 13.2 Å². The molecule has 0 aliphatic carbocycles. The maximum atomic E-state index is 13.4. The number of morpholine rings is 1. The van der Waals surface area contributed by atoms with Gasteiger partial charge in [-0.25, -0.2) is 0 Å². The van der Waals surface area contributed by atoms with E-state index in [1.54, 1.807) is 17.8 Å². The molecule has 1 aliphatic rings.